The van der Waals surface area contributed by atoms with Crippen LogP contribution in [0.4, 0.5) is 0 Å². The van der Waals surface area contributed by atoms with Crippen LogP contribution in [0.15, 0.2) is 12.3 Å². The van der Waals surface area contributed by atoms with Crippen LogP contribution in [0.2, 0.25) is 0 Å². The lowest BCUT2D eigenvalue weighted by atomic mass is 9.81. The zero-order chi connectivity index (χ0) is 10.9. The van der Waals surface area contributed by atoms with Crippen molar-refractivity contribution in [3.63, 3.8) is 0 Å². The van der Waals surface area contributed by atoms with E-state index in [-0.39, 0.29) is 5.54 Å². The predicted octanol–water partition coefficient (Wildman–Crippen LogP) is 1.49. The largest absolute Gasteiger partial charge is 0.325 e. The van der Waals surface area contributed by atoms with Gasteiger partial charge in [-0.15, -0.1) is 5.10 Å². The summed E-state index contributed by atoms with van der Waals surface area (Å²) in [6, 6.07) is 0. The first-order chi connectivity index (χ1) is 7.14. The number of hydrogen-bond donors (Lipinski definition) is 1. The minimum atomic E-state index is 0.00945. The van der Waals surface area contributed by atoms with Crippen molar-refractivity contribution >= 4 is 5.57 Å². The Kier molecular flexibility index (Phi) is 2.61. The van der Waals surface area contributed by atoms with E-state index >= 15 is 0 Å². The summed E-state index contributed by atoms with van der Waals surface area (Å²) < 4.78 is 1.82. The van der Waals surface area contributed by atoms with Gasteiger partial charge in [0.15, 0.2) is 0 Å². The van der Waals surface area contributed by atoms with Gasteiger partial charge in [0.25, 0.3) is 0 Å². The molecule has 82 valence electrons. The first-order valence-corrected chi connectivity index (χ1v) is 5.47. The van der Waals surface area contributed by atoms with E-state index in [4.69, 9.17) is 5.73 Å². The number of aryl methyl sites for hydroxylation is 1. The second-order valence-corrected chi connectivity index (χ2v) is 4.39. The number of rotatable bonds is 2. The third kappa shape index (κ3) is 1.95. The van der Waals surface area contributed by atoms with Crippen LogP contribution in [-0.2, 0) is 7.05 Å². The van der Waals surface area contributed by atoms with Gasteiger partial charge in [0.05, 0.1) is 11.9 Å². The molecule has 4 heteroatoms. The molecule has 0 saturated heterocycles. The van der Waals surface area contributed by atoms with Crippen molar-refractivity contribution in [3.05, 3.63) is 18.0 Å². The van der Waals surface area contributed by atoms with Crippen LogP contribution in [0.1, 0.15) is 38.3 Å². The van der Waals surface area contributed by atoms with Crippen molar-refractivity contribution in [2.75, 3.05) is 0 Å². The molecule has 0 fully saturated rings. The van der Waals surface area contributed by atoms with Gasteiger partial charge in [0.2, 0.25) is 0 Å². The Morgan fingerprint density at radius 1 is 1.60 bits per heavy atom. The van der Waals surface area contributed by atoms with Gasteiger partial charge in [-0.3, -0.25) is 0 Å². The van der Waals surface area contributed by atoms with Crippen molar-refractivity contribution < 1.29 is 0 Å². The molecular weight excluding hydrogens is 188 g/mol. The quantitative estimate of drug-likeness (QED) is 0.797. The summed E-state index contributed by atoms with van der Waals surface area (Å²) in [5.74, 6) is 0. The van der Waals surface area contributed by atoms with Crippen LogP contribution in [0, 0.1) is 0 Å². The van der Waals surface area contributed by atoms with Crippen LogP contribution in [0.5, 0.6) is 0 Å². The molecule has 1 aliphatic rings. The summed E-state index contributed by atoms with van der Waals surface area (Å²) in [6.45, 7) is 2.16. The second kappa shape index (κ2) is 3.77. The highest BCUT2D eigenvalue weighted by Crippen LogP contribution is 2.32. The molecular formula is C11H18N4. The highest BCUT2D eigenvalue weighted by Gasteiger charge is 2.26. The van der Waals surface area contributed by atoms with Crippen molar-refractivity contribution in [2.24, 2.45) is 12.8 Å². The second-order valence-electron chi connectivity index (χ2n) is 4.39. The molecule has 4 nitrogen and oxygen atoms in total. The molecule has 2 rings (SSSR count). The Morgan fingerprint density at radius 2 is 2.40 bits per heavy atom. The van der Waals surface area contributed by atoms with Crippen molar-refractivity contribution in [1.82, 2.24) is 15.0 Å². The fourth-order valence-corrected chi connectivity index (χ4v) is 2.05. The molecule has 1 unspecified atom stereocenters. The normalized spacial score (nSPS) is 26.5. The summed E-state index contributed by atoms with van der Waals surface area (Å²) in [5.41, 5.74) is 8.69. The Bertz CT molecular complexity index is 380. The summed E-state index contributed by atoms with van der Waals surface area (Å²) in [5, 5.41) is 7.84. The third-order valence-electron chi connectivity index (χ3n) is 3.39. The van der Waals surface area contributed by atoms with Crippen LogP contribution >= 0.6 is 0 Å². The maximum absolute atomic E-state index is 6.23. The molecule has 0 bridgehead atoms. The summed E-state index contributed by atoms with van der Waals surface area (Å²) >= 11 is 0. The fourth-order valence-electron chi connectivity index (χ4n) is 2.05. The lowest BCUT2D eigenvalue weighted by Gasteiger charge is -2.31. The molecule has 0 aromatic carbocycles. The Hall–Kier alpha value is -1.16. The Morgan fingerprint density at radius 3 is 2.87 bits per heavy atom. The van der Waals surface area contributed by atoms with E-state index in [9.17, 15) is 0 Å². The molecule has 0 spiro atoms. The van der Waals surface area contributed by atoms with Gasteiger partial charge in [0, 0.05) is 12.6 Å². The molecule has 0 aliphatic heterocycles. The zero-order valence-corrected chi connectivity index (χ0v) is 9.40. The molecule has 0 radical (unpaired) electrons. The van der Waals surface area contributed by atoms with Gasteiger partial charge in [-0.2, -0.15) is 0 Å². The summed E-state index contributed by atoms with van der Waals surface area (Å²) in [4.78, 5) is 0. The molecule has 2 N–H and O–H groups in total. The lowest BCUT2D eigenvalue weighted by Crippen LogP contribution is -2.40. The minimum absolute atomic E-state index is 0.00945. The van der Waals surface area contributed by atoms with E-state index in [0.29, 0.717) is 0 Å². The van der Waals surface area contributed by atoms with Crippen molar-refractivity contribution in [1.29, 1.82) is 0 Å². The molecule has 1 heterocycles. The monoisotopic (exact) mass is 206 g/mol. The Labute approximate surface area is 90.2 Å². The zero-order valence-electron chi connectivity index (χ0n) is 9.40. The number of hydrogen-bond acceptors (Lipinski definition) is 3. The van der Waals surface area contributed by atoms with Crippen LogP contribution in [0.25, 0.3) is 5.57 Å². The van der Waals surface area contributed by atoms with Crippen molar-refractivity contribution in [3.8, 4) is 0 Å². The van der Waals surface area contributed by atoms with E-state index in [0.717, 1.165) is 31.4 Å². The maximum atomic E-state index is 6.23. The first-order valence-electron chi connectivity index (χ1n) is 5.47. The third-order valence-corrected chi connectivity index (χ3v) is 3.39. The van der Waals surface area contributed by atoms with E-state index in [1.165, 1.54) is 5.57 Å². The van der Waals surface area contributed by atoms with Crippen LogP contribution in [0.3, 0.4) is 0 Å². The number of aromatic nitrogens is 3. The average molecular weight is 206 g/mol. The molecule has 1 aromatic rings. The fraction of sp³-hybridized carbons (Fsp3) is 0.636. The standard InChI is InChI=1S/C11H18N4/c1-3-11(12)6-4-9(5-7-11)10-8-13-14-15(10)2/h4,8H,3,5-7,12H2,1-2H3. The van der Waals surface area contributed by atoms with Gasteiger partial charge in [-0.05, 0) is 31.3 Å². The van der Waals surface area contributed by atoms with Gasteiger partial charge in [-0.25, -0.2) is 4.68 Å². The molecule has 1 aromatic heterocycles. The minimum Gasteiger partial charge on any atom is -0.325 e. The number of allylic oxidation sites excluding steroid dienone is 1. The SMILES string of the molecule is CCC1(N)CC=C(c2cnnn2C)CC1. The van der Waals surface area contributed by atoms with E-state index < -0.39 is 0 Å². The van der Waals surface area contributed by atoms with Gasteiger partial charge >= 0.3 is 0 Å². The molecule has 0 saturated carbocycles. The van der Waals surface area contributed by atoms with Crippen LogP contribution in [-0.4, -0.2) is 20.5 Å². The van der Waals surface area contributed by atoms with Gasteiger partial charge in [-0.1, -0.05) is 18.2 Å². The topological polar surface area (TPSA) is 56.7 Å². The smallest absolute Gasteiger partial charge is 0.0838 e. The first kappa shape index (κ1) is 10.4. The maximum Gasteiger partial charge on any atom is 0.0838 e. The molecule has 15 heavy (non-hydrogen) atoms. The van der Waals surface area contributed by atoms with Crippen LogP contribution < -0.4 is 5.73 Å². The van der Waals surface area contributed by atoms with E-state index in [1.807, 2.05) is 17.9 Å². The number of nitrogens with zero attached hydrogens (tertiary/aromatic N) is 3. The highest BCUT2D eigenvalue weighted by molar-refractivity contribution is 5.63. The molecule has 1 atom stereocenters. The van der Waals surface area contributed by atoms with E-state index in [1.54, 1.807) is 0 Å². The highest BCUT2D eigenvalue weighted by atomic mass is 15.4. The van der Waals surface area contributed by atoms with Crippen molar-refractivity contribution in [2.45, 2.75) is 38.1 Å². The van der Waals surface area contributed by atoms with Gasteiger partial charge < -0.3 is 5.73 Å². The summed E-state index contributed by atoms with van der Waals surface area (Å²) in [6.07, 6.45) is 8.16. The number of nitrogens with two attached hydrogens (primary N) is 1. The predicted molar refractivity (Wildman–Crippen MR) is 60.0 cm³/mol. The summed E-state index contributed by atoms with van der Waals surface area (Å²) in [7, 11) is 1.92. The lowest BCUT2D eigenvalue weighted by molar-refractivity contribution is 0.378. The molecule has 1 aliphatic carbocycles. The average Bonchev–Trinajstić information content (AvgIpc) is 2.66. The Balaban J connectivity index is 2.19. The molecule has 0 amide bonds. The van der Waals surface area contributed by atoms with Gasteiger partial charge in [0.1, 0.15) is 0 Å². The van der Waals surface area contributed by atoms with E-state index in [2.05, 4.69) is 23.3 Å².